The van der Waals surface area contributed by atoms with E-state index in [-0.39, 0.29) is 17.6 Å². The van der Waals surface area contributed by atoms with Crippen LogP contribution in [0.1, 0.15) is 42.3 Å². The van der Waals surface area contributed by atoms with Crippen LogP contribution in [0.4, 0.5) is 0 Å². The molecule has 1 amide bonds. The van der Waals surface area contributed by atoms with Crippen molar-refractivity contribution in [2.45, 2.75) is 32.3 Å². The van der Waals surface area contributed by atoms with Crippen LogP contribution in [0.3, 0.4) is 0 Å². The fourth-order valence-corrected chi connectivity index (χ4v) is 2.95. The molecule has 140 valence electrons. The van der Waals surface area contributed by atoms with Crippen molar-refractivity contribution in [2.75, 3.05) is 6.54 Å². The second-order valence-electron chi connectivity index (χ2n) is 6.46. The van der Waals surface area contributed by atoms with Crippen LogP contribution in [-0.4, -0.2) is 24.5 Å². The molecule has 0 bridgehead atoms. The quantitative estimate of drug-likeness (QED) is 0.634. The van der Waals surface area contributed by atoms with Gasteiger partial charge in [0.2, 0.25) is 5.76 Å². The number of para-hydroxylation sites is 1. The minimum Gasteiger partial charge on any atom is -0.449 e. The minimum absolute atomic E-state index is 0.0894. The van der Waals surface area contributed by atoms with Gasteiger partial charge in [-0.15, -0.1) is 0 Å². The Kier molecular flexibility index (Phi) is 5.91. The van der Waals surface area contributed by atoms with E-state index in [0.717, 1.165) is 11.8 Å². The van der Waals surface area contributed by atoms with E-state index in [1.54, 1.807) is 19.1 Å². The van der Waals surface area contributed by atoms with Crippen molar-refractivity contribution in [2.24, 2.45) is 0 Å². The van der Waals surface area contributed by atoms with Crippen LogP contribution >= 0.6 is 0 Å². The standard InChI is InChI=1S/C22H23NO4/c1-3-16(17-9-5-4-6-10-17)14-23-21(24)15(2)26-22(25)20-13-18-11-7-8-12-19(18)27-20/h4-13,15-16H,3,14H2,1-2H3,(H,23,24)/t15-,16+/m0/s1. The largest absolute Gasteiger partial charge is 0.449 e. The van der Waals surface area contributed by atoms with E-state index < -0.39 is 12.1 Å². The summed E-state index contributed by atoms with van der Waals surface area (Å²) in [5.41, 5.74) is 1.78. The predicted molar refractivity (Wildman–Crippen MR) is 104 cm³/mol. The summed E-state index contributed by atoms with van der Waals surface area (Å²) < 4.78 is 10.7. The van der Waals surface area contributed by atoms with Crippen molar-refractivity contribution >= 4 is 22.8 Å². The number of carbonyl (C=O) groups is 2. The highest BCUT2D eigenvalue weighted by Gasteiger charge is 2.22. The van der Waals surface area contributed by atoms with Crippen LogP contribution in [0.5, 0.6) is 0 Å². The first kappa shape index (κ1) is 18.7. The fourth-order valence-electron chi connectivity index (χ4n) is 2.95. The number of carbonyl (C=O) groups excluding carboxylic acids is 2. The zero-order chi connectivity index (χ0) is 19.2. The highest BCUT2D eigenvalue weighted by Crippen LogP contribution is 2.20. The Labute approximate surface area is 158 Å². The number of hydrogen-bond donors (Lipinski definition) is 1. The van der Waals surface area contributed by atoms with E-state index in [2.05, 4.69) is 12.2 Å². The Morgan fingerprint density at radius 2 is 1.78 bits per heavy atom. The summed E-state index contributed by atoms with van der Waals surface area (Å²) in [6.45, 7) is 4.13. The van der Waals surface area contributed by atoms with E-state index in [0.29, 0.717) is 12.1 Å². The van der Waals surface area contributed by atoms with E-state index in [9.17, 15) is 9.59 Å². The van der Waals surface area contributed by atoms with Gasteiger partial charge in [-0.2, -0.15) is 0 Å². The summed E-state index contributed by atoms with van der Waals surface area (Å²) in [7, 11) is 0. The number of hydrogen-bond acceptors (Lipinski definition) is 4. The molecule has 2 atom stereocenters. The Morgan fingerprint density at radius 1 is 1.07 bits per heavy atom. The number of ether oxygens (including phenoxy) is 1. The number of nitrogens with one attached hydrogen (secondary N) is 1. The van der Waals surface area contributed by atoms with Crippen LogP contribution in [0.2, 0.25) is 0 Å². The van der Waals surface area contributed by atoms with Crippen LogP contribution in [0, 0.1) is 0 Å². The summed E-state index contributed by atoms with van der Waals surface area (Å²) in [4.78, 5) is 24.6. The topological polar surface area (TPSA) is 68.5 Å². The van der Waals surface area contributed by atoms with Gasteiger partial charge in [-0.05, 0) is 31.0 Å². The van der Waals surface area contributed by atoms with Crippen molar-refractivity contribution in [3.63, 3.8) is 0 Å². The molecule has 0 spiro atoms. The lowest BCUT2D eigenvalue weighted by Crippen LogP contribution is -2.37. The average Bonchev–Trinajstić information content (AvgIpc) is 3.13. The van der Waals surface area contributed by atoms with E-state index in [1.807, 2.05) is 48.5 Å². The lowest BCUT2D eigenvalue weighted by molar-refractivity contribution is -0.129. The Balaban J connectivity index is 1.56. The van der Waals surface area contributed by atoms with Crippen LogP contribution in [0.25, 0.3) is 11.0 Å². The summed E-state index contributed by atoms with van der Waals surface area (Å²) in [6, 6.07) is 19.0. The van der Waals surface area contributed by atoms with Crippen LogP contribution in [-0.2, 0) is 9.53 Å². The second-order valence-corrected chi connectivity index (χ2v) is 6.46. The summed E-state index contributed by atoms with van der Waals surface area (Å²) >= 11 is 0. The van der Waals surface area contributed by atoms with E-state index >= 15 is 0 Å². The minimum atomic E-state index is -0.904. The second kappa shape index (κ2) is 8.54. The molecule has 0 fully saturated rings. The van der Waals surface area contributed by atoms with Gasteiger partial charge in [-0.1, -0.05) is 55.5 Å². The lowest BCUT2D eigenvalue weighted by atomic mass is 9.96. The van der Waals surface area contributed by atoms with Crippen molar-refractivity contribution in [3.8, 4) is 0 Å². The molecular weight excluding hydrogens is 342 g/mol. The zero-order valence-electron chi connectivity index (χ0n) is 15.5. The average molecular weight is 365 g/mol. The van der Waals surface area contributed by atoms with Gasteiger partial charge in [0, 0.05) is 17.8 Å². The normalized spacial score (nSPS) is 13.1. The number of furan rings is 1. The number of benzene rings is 2. The van der Waals surface area contributed by atoms with Gasteiger partial charge in [0.15, 0.2) is 6.10 Å². The molecule has 0 aliphatic rings. The number of amides is 1. The number of esters is 1. The fraction of sp³-hybridized carbons (Fsp3) is 0.273. The van der Waals surface area contributed by atoms with Gasteiger partial charge in [-0.25, -0.2) is 4.79 Å². The van der Waals surface area contributed by atoms with Crippen molar-refractivity contribution in [3.05, 3.63) is 72.0 Å². The smallest absolute Gasteiger partial charge is 0.375 e. The Morgan fingerprint density at radius 3 is 2.48 bits per heavy atom. The Hall–Kier alpha value is -3.08. The molecule has 3 rings (SSSR count). The van der Waals surface area contributed by atoms with E-state index in [1.165, 1.54) is 5.56 Å². The van der Waals surface area contributed by atoms with Gasteiger partial charge >= 0.3 is 5.97 Å². The maximum atomic E-state index is 12.3. The summed E-state index contributed by atoms with van der Waals surface area (Å²) in [5, 5.41) is 3.68. The molecular formula is C22H23NO4. The molecule has 0 radical (unpaired) electrons. The van der Waals surface area contributed by atoms with Gasteiger partial charge in [0.1, 0.15) is 5.58 Å². The third-order valence-corrected chi connectivity index (χ3v) is 4.57. The van der Waals surface area contributed by atoms with E-state index in [4.69, 9.17) is 9.15 Å². The van der Waals surface area contributed by atoms with Crippen LogP contribution in [0.15, 0.2) is 65.1 Å². The molecule has 0 saturated carbocycles. The van der Waals surface area contributed by atoms with Gasteiger partial charge < -0.3 is 14.5 Å². The first-order chi connectivity index (χ1) is 13.1. The monoisotopic (exact) mass is 365 g/mol. The molecule has 5 heteroatoms. The van der Waals surface area contributed by atoms with Crippen LogP contribution < -0.4 is 5.32 Å². The molecule has 0 saturated heterocycles. The first-order valence-electron chi connectivity index (χ1n) is 9.10. The highest BCUT2D eigenvalue weighted by atomic mass is 16.6. The molecule has 1 heterocycles. The number of fused-ring (bicyclic) bond motifs is 1. The zero-order valence-corrected chi connectivity index (χ0v) is 15.5. The predicted octanol–water partition coefficient (Wildman–Crippen LogP) is 4.29. The molecule has 27 heavy (non-hydrogen) atoms. The maximum absolute atomic E-state index is 12.3. The molecule has 2 aromatic carbocycles. The molecule has 5 nitrogen and oxygen atoms in total. The van der Waals surface area contributed by atoms with Crippen molar-refractivity contribution in [1.29, 1.82) is 0 Å². The van der Waals surface area contributed by atoms with Gasteiger partial charge in [-0.3, -0.25) is 4.79 Å². The highest BCUT2D eigenvalue weighted by molar-refractivity contribution is 5.94. The first-order valence-corrected chi connectivity index (χ1v) is 9.10. The van der Waals surface area contributed by atoms with Crippen molar-refractivity contribution < 1.29 is 18.7 Å². The molecule has 0 aliphatic carbocycles. The van der Waals surface area contributed by atoms with Crippen molar-refractivity contribution in [1.82, 2.24) is 5.32 Å². The number of rotatable bonds is 7. The third kappa shape index (κ3) is 4.56. The summed E-state index contributed by atoms with van der Waals surface area (Å²) in [6.07, 6.45) is -0.00347. The lowest BCUT2D eigenvalue weighted by Gasteiger charge is -2.18. The van der Waals surface area contributed by atoms with Gasteiger partial charge in [0.05, 0.1) is 0 Å². The third-order valence-electron chi connectivity index (χ3n) is 4.57. The maximum Gasteiger partial charge on any atom is 0.375 e. The molecule has 1 aromatic heterocycles. The molecule has 0 unspecified atom stereocenters. The Bertz CT molecular complexity index is 883. The molecule has 0 aliphatic heterocycles. The molecule has 3 aromatic rings. The molecule has 1 N–H and O–H groups in total. The summed E-state index contributed by atoms with van der Waals surface area (Å²) in [5.74, 6) is -0.669. The van der Waals surface area contributed by atoms with Gasteiger partial charge in [0.25, 0.3) is 5.91 Å². The SMILES string of the molecule is CC[C@H](CNC(=O)[C@H](C)OC(=O)c1cc2ccccc2o1)c1ccccc1.